The number of aryl methyl sites for hydroxylation is 1. The van der Waals surface area contributed by atoms with Gasteiger partial charge in [0, 0.05) is 67.7 Å². The Kier molecular flexibility index (Phi) is 10.0. The summed E-state index contributed by atoms with van der Waals surface area (Å²) in [5, 5.41) is 17.6. The molecule has 5 aromatic rings. The molecule has 3 fully saturated rings. The van der Waals surface area contributed by atoms with E-state index in [0.717, 1.165) is 63.4 Å². The SMILES string of the molecule is Cc1ncnc(C(=O)N2CCC3(CC2)C[C@H](C)c2c3c(=O)n3nc(-c4ccc(N5CCN(C6COC6)CC5)nc4)nc3n2CC(=O)Nc2ccc(C(F)(F)F)cc2Cl)c1O. The van der Waals surface area contributed by atoms with Gasteiger partial charge in [-0.25, -0.2) is 15.0 Å². The van der Waals surface area contributed by atoms with Crippen LogP contribution in [0.2, 0.25) is 5.02 Å². The van der Waals surface area contributed by atoms with Crippen molar-refractivity contribution >= 4 is 40.7 Å². The number of amides is 2. The van der Waals surface area contributed by atoms with E-state index in [1.54, 1.807) is 22.6 Å². The molecule has 1 atom stereocenters. The summed E-state index contributed by atoms with van der Waals surface area (Å²) in [7, 11) is 0. The van der Waals surface area contributed by atoms with Crippen molar-refractivity contribution in [3.8, 4) is 17.1 Å². The fraction of sp³-hybridized carbons (Fsp3) is 0.450. The molecular weight excluding hydrogens is 807 g/mol. The minimum absolute atomic E-state index is 0.0124. The Morgan fingerprint density at radius 2 is 1.78 bits per heavy atom. The Labute approximate surface area is 346 Å². The minimum atomic E-state index is -4.62. The first-order valence-electron chi connectivity index (χ1n) is 19.7. The van der Waals surface area contributed by atoms with E-state index in [2.05, 4.69) is 30.2 Å². The number of pyridine rings is 1. The molecule has 0 radical (unpaired) electrons. The summed E-state index contributed by atoms with van der Waals surface area (Å²) in [6.07, 6.45) is -0.384. The molecular formula is C40H41ClF3N11O5. The van der Waals surface area contributed by atoms with E-state index in [0.29, 0.717) is 42.1 Å². The quantitative estimate of drug-likeness (QED) is 0.238. The van der Waals surface area contributed by atoms with Crippen LogP contribution in [0.1, 0.15) is 65.1 Å². The number of hydrogen-bond acceptors (Lipinski definition) is 12. The topological polar surface area (TPSA) is 176 Å². The van der Waals surface area contributed by atoms with Gasteiger partial charge in [-0.05, 0) is 62.4 Å². The number of carbonyl (C=O) groups excluding carboxylic acids is 2. The normalized spacial score (nSPS) is 19.5. The largest absolute Gasteiger partial charge is 0.504 e. The lowest BCUT2D eigenvalue weighted by Gasteiger charge is -2.42. The summed E-state index contributed by atoms with van der Waals surface area (Å²) in [4.78, 5) is 65.8. The molecule has 2 N–H and O–H groups in total. The number of alkyl halides is 3. The highest BCUT2D eigenvalue weighted by Gasteiger charge is 2.49. The lowest BCUT2D eigenvalue weighted by atomic mass is 9.73. The summed E-state index contributed by atoms with van der Waals surface area (Å²) in [6, 6.07) is 6.89. The van der Waals surface area contributed by atoms with Crippen molar-refractivity contribution in [2.45, 2.75) is 63.2 Å². The van der Waals surface area contributed by atoms with Crippen LogP contribution in [-0.4, -0.2) is 119 Å². The second kappa shape index (κ2) is 15.1. The first kappa shape index (κ1) is 39.8. The number of aromatic nitrogens is 7. The van der Waals surface area contributed by atoms with E-state index >= 15 is 0 Å². The highest BCUT2D eigenvalue weighted by atomic mass is 35.5. The predicted molar refractivity (Wildman–Crippen MR) is 212 cm³/mol. The lowest BCUT2D eigenvalue weighted by molar-refractivity contribution is -0.137. The molecule has 4 aliphatic rings. The predicted octanol–water partition coefficient (Wildman–Crippen LogP) is 4.27. The van der Waals surface area contributed by atoms with Crippen LogP contribution < -0.4 is 15.8 Å². The third-order valence-electron chi connectivity index (χ3n) is 12.3. The molecule has 7 heterocycles. The van der Waals surface area contributed by atoms with Gasteiger partial charge >= 0.3 is 6.18 Å². The Morgan fingerprint density at radius 1 is 1.03 bits per heavy atom. The van der Waals surface area contributed by atoms with Gasteiger partial charge in [0.2, 0.25) is 11.7 Å². The number of anilines is 2. The maximum Gasteiger partial charge on any atom is 0.416 e. The third kappa shape index (κ3) is 7.00. The molecule has 16 nitrogen and oxygen atoms in total. The van der Waals surface area contributed by atoms with Crippen LogP contribution in [0.25, 0.3) is 17.2 Å². The smallest absolute Gasteiger partial charge is 0.416 e. The van der Waals surface area contributed by atoms with E-state index in [-0.39, 0.29) is 65.0 Å². The van der Waals surface area contributed by atoms with Crippen LogP contribution in [0.4, 0.5) is 24.7 Å². The van der Waals surface area contributed by atoms with Crippen LogP contribution in [-0.2, 0) is 27.7 Å². The fourth-order valence-corrected chi connectivity index (χ4v) is 9.32. The molecule has 0 saturated carbocycles. The molecule has 0 bridgehead atoms. The van der Waals surface area contributed by atoms with Gasteiger partial charge in [-0.3, -0.25) is 19.3 Å². The average molecular weight is 848 g/mol. The van der Waals surface area contributed by atoms with Gasteiger partial charge in [0.05, 0.1) is 41.2 Å². The van der Waals surface area contributed by atoms with Crippen LogP contribution in [0.5, 0.6) is 5.75 Å². The third-order valence-corrected chi connectivity index (χ3v) is 12.7. The van der Waals surface area contributed by atoms with Crippen LogP contribution in [0, 0.1) is 6.92 Å². The zero-order chi connectivity index (χ0) is 42.1. The maximum atomic E-state index is 14.7. The number of nitrogens with one attached hydrogen (secondary N) is 1. The molecule has 0 unspecified atom stereocenters. The van der Waals surface area contributed by atoms with Crippen LogP contribution >= 0.6 is 11.6 Å². The molecule has 9 rings (SSSR count). The molecule has 20 heteroatoms. The Balaban J connectivity index is 1.05. The zero-order valence-corrected chi connectivity index (χ0v) is 33.5. The number of ether oxygens (including phenoxy) is 1. The Hall–Kier alpha value is -5.66. The van der Waals surface area contributed by atoms with E-state index in [1.165, 1.54) is 10.8 Å². The number of piperazine rings is 1. The van der Waals surface area contributed by atoms with E-state index < -0.39 is 34.5 Å². The average Bonchev–Trinajstić information content (AvgIpc) is 3.78. The molecule has 1 spiro atoms. The highest BCUT2D eigenvalue weighted by molar-refractivity contribution is 6.33. The van der Waals surface area contributed by atoms with Gasteiger partial charge in [0.15, 0.2) is 17.3 Å². The Bertz CT molecular complexity index is 2560. The molecule has 3 saturated heterocycles. The monoisotopic (exact) mass is 847 g/mol. The van der Waals surface area contributed by atoms with Crippen molar-refractivity contribution in [2.75, 3.05) is 62.7 Å². The minimum Gasteiger partial charge on any atom is -0.504 e. The number of piperidine rings is 1. The van der Waals surface area contributed by atoms with Crippen LogP contribution in [0.15, 0.2) is 47.7 Å². The molecule has 60 heavy (non-hydrogen) atoms. The van der Waals surface area contributed by atoms with E-state index in [1.807, 2.05) is 19.1 Å². The second-order valence-corrected chi connectivity index (χ2v) is 16.4. The summed E-state index contributed by atoms with van der Waals surface area (Å²) in [6.45, 7) is 8.67. The van der Waals surface area contributed by atoms with E-state index in [4.69, 9.17) is 26.3 Å². The summed E-state index contributed by atoms with van der Waals surface area (Å²) < 4.78 is 48.3. The number of hydrogen-bond donors (Lipinski definition) is 2. The Morgan fingerprint density at radius 3 is 2.43 bits per heavy atom. The number of fused-ring (bicyclic) bond motifs is 3. The molecule has 314 valence electrons. The first-order chi connectivity index (χ1) is 28.7. The van der Waals surface area contributed by atoms with Gasteiger partial charge in [-0.15, -0.1) is 5.10 Å². The second-order valence-electron chi connectivity index (χ2n) is 16.0. The number of benzene rings is 1. The van der Waals surface area contributed by atoms with Crippen molar-refractivity contribution < 1.29 is 32.6 Å². The van der Waals surface area contributed by atoms with Gasteiger partial charge in [-0.2, -0.15) is 22.7 Å². The first-order valence-corrected chi connectivity index (χ1v) is 20.1. The number of nitrogens with zero attached hydrogens (tertiary/aromatic N) is 10. The molecule has 4 aromatic heterocycles. The van der Waals surface area contributed by atoms with Crippen molar-refractivity contribution in [3.05, 3.63) is 86.4 Å². The number of rotatable bonds is 7. The zero-order valence-electron chi connectivity index (χ0n) is 32.7. The summed E-state index contributed by atoms with van der Waals surface area (Å²) >= 11 is 6.21. The van der Waals surface area contributed by atoms with Gasteiger partial charge in [0.1, 0.15) is 18.7 Å². The molecule has 1 aromatic carbocycles. The number of halogens is 4. The lowest BCUT2D eigenvalue weighted by Crippen LogP contribution is -2.56. The fourth-order valence-electron chi connectivity index (χ4n) is 9.09. The van der Waals surface area contributed by atoms with Gasteiger partial charge in [0.25, 0.3) is 11.5 Å². The summed E-state index contributed by atoms with van der Waals surface area (Å²) in [5.74, 6) is -0.464. The number of carbonyl (C=O) groups is 2. The molecule has 1 aliphatic carbocycles. The van der Waals surface area contributed by atoms with Crippen molar-refractivity contribution in [1.29, 1.82) is 0 Å². The molecule has 2 amide bonds. The van der Waals surface area contributed by atoms with E-state index in [9.17, 15) is 32.7 Å². The maximum absolute atomic E-state index is 14.7. The standard InChI is InChI=1S/C40H41ClF3N11O5/c1-22-16-39(7-9-53(10-8-39)37(59)32-34(57)23(2)46-21-47-32)31-33(22)54(18-30(56)48-28-5-4-25(15-27(28)41)40(42,43)44)38-49-35(50-55(38)36(31)58)24-3-6-29(45-17-24)52-13-11-51(12-14-52)26-19-60-20-26/h3-6,15,17,21-22,26,57H,7-14,16,18-20H2,1-2H3,(H,48,56)/t22-/m0/s1. The van der Waals surface area contributed by atoms with Crippen LogP contribution in [0.3, 0.4) is 0 Å². The van der Waals surface area contributed by atoms with Crippen molar-refractivity contribution in [2.24, 2.45) is 0 Å². The van der Waals surface area contributed by atoms with Gasteiger partial charge in [-0.1, -0.05) is 18.5 Å². The number of aromatic hydroxyl groups is 1. The van der Waals surface area contributed by atoms with Crippen molar-refractivity contribution in [3.63, 3.8) is 0 Å². The highest BCUT2D eigenvalue weighted by Crippen LogP contribution is 2.50. The van der Waals surface area contributed by atoms with Gasteiger partial charge < -0.3 is 29.5 Å². The summed E-state index contributed by atoms with van der Waals surface area (Å²) in [5.41, 5.74) is -0.266. The molecule has 3 aliphatic heterocycles. The van der Waals surface area contributed by atoms with Crippen molar-refractivity contribution in [1.82, 2.24) is 43.9 Å². The number of likely N-dealkylation sites (tertiary alicyclic amines) is 1.